The van der Waals surface area contributed by atoms with E-state index < -0.39 is 0 Å². The second kappa shape index (κ2) is 4.98. The average molecular weight is 239 g/mol. The molecule has 1 aromatic rings. The Morgan fingerprint density at radius 2 is 2.47 bits per heavy atom. The summed E-state index contributed by atoms with van der Waals surface area (Å²) in [7, 11) is 0. The predicted octanol–water partition coefficient (Wildman–Crippen LogP) is 1.63. The molecule has 2 rings (SSSR count). The lowest BCUT2D eigenvalue weighted by atomic mass is 10.1. The molecule has 0 saturated carbocycles. The van der Waals surface area contributed by atoms with E-state index in [1.54, 1.807) is 0 Å². The molecule has 1 unspecified atom stereocenters. The zero-order valence-corrected chi connectivity index (χ0v) is 10.00. The van der Waals surface area contributed by atoms with Gasteiger partial charge in [-0.25, -0.2) is 9.37 Å². The van der Waals surface area contributed by atoms with Crippen LogP contribution in [0.1, 0.15) is 13.8 Å². The van der Waals surface area contributed by atoms with Crippen molar-refractivity contribution in [2.24, 2.45) is 0 Å². The molecule has 0 aromatic carbocycles. The molecule has 1 radical (unpaired) electrons. The number of halogens is 1. The summed E-state index contributed by atoms with van der Waals surface area (Å²) in [5, 5.41) is 2.89. The fraction of sp³-hybridized carbons (Fsp3) is 0.583. The van der Waals surface area contributed by atoms with Crippen LogP contribution in [0.3, 0.4) is 0 Å². The molecule has 0 aliphatic carbocycles. The number of hydrogen-bond acceptors (Lipinski definition) is 4. The maximum atomic E-state index is 13.2. The van der Waals surface area contributed by atoms with Crippen molar-refractivity contribution in [3.8, 4) is 0 Å². The van der Waals surface area contributed by atoms with E-state index in [9.17, 15) is 4.39 Å². The van der Waals surface area contributed by atoms with Gasteiger partial charge in [-0.1, -0.05) is 0 Å². The summed E-state index contributed by atoms with van der Waals surface area (Å²) in [6, 6.07) is 2.75. The van der Waals surface area contributed by atoms with Gasteiger partial charge in [-0.05, 0) is 26.0 Å². The summed E-state index contributed by atoms with van der Waals surface area (Å²) < 4.78 is 24.5. The Hall–Kier alpha value is -1.20. The molecule has 0 amide bonds. The molecule has 93 valence electrons. The molecule has 0 spiro atoms. The summed E-state index contributed by atoms with van der Waals surface area (Å²) in [6.45, 7) is 5.46. The first kappa shape index (κ1) is 12.3. The van der Waals surface area contributed by atoms with Crippen molar-refractivity contribution in [3.05, 3.63) is 24.1 Å². The van der Waals surface area contributed by atoms with Gasteiger partial charge in [0.15, 0.2) is 11.6 Å². The zero-order chi connectivity index (χ0) is 12.3. The van der Waals surface area contributed by atoms with E-state index in [0.29, 0.717) is 19.8 Å². The van der Waals surface area contributed by atoms with Crippen molar-refractivity contribution in [2.75, 3.05) is 25.1 Å². The van der Waals surface area contributed by atoms with E-state index in [2.05, 4.69) is 16.5 Å². The molecule has 4 nitrogen and oxygen atoms in total. The highest BCUT2D eigenvalue weighted by Gasteiger charge is 2.28. The molecule has 1 aliphatic rings. The number of pyridine rings is 1. The topological polar surface area (TPSA) is 43.4 Å². The van der Waals surface area contributed by atoms with E-state index in [4.69, 9.17) is 9.47 Å². The molecule has 5 heteroatoms. The highest BCUT2D eigenvalue weighted by atomic mass is 19.1. The van der Waals surface area contributed by atoms with Gasteiger partial charge in [-0.2, -0.15) is 0 Å². The molecular formula is C12H16FN2O2. The molecule has 1 N–H and O–H groups in total. The minimum atomic E-state index is -0.388. The van der Waals surface area contributed by atoms with E-state index in [1.165, 1.54) is 12.1 Å². The first-order valence-electron chi connectivity index (χ1n) is 5.59. The monoisotopic (exact) mass is 239 g/mol. The zero-order valence-electron chi connectivity index (χ0n) is 10.00. The van der Waals surface area contributed by atoms with Crippen LogP contribution in [0.15, 0.2) is 12.1 Å². The summed E-state index contributed by atoms with van der Waals surface area (Å²) in [6.07, 6.45) is 2.50. The first-order valence-corrected chi connectivity index (χ1v) is 5.59. The molecule has 1 aliphatic heterocycles. The van der Waals surface area contributed by atoms with Crippen LogP contribution in [0.4, 0.5) is 10.2 Å². The van der Waals surface area contributed by atoms with Gasteiger partial charge in [0.2, 0.25) is 0 Å². The van der Waals surface area contributed by atoms with Crippen LogP contribution < -0.4 is 5.32 Å². The highest BCUT2D eigenvalue weighted by molar-refractivity contribution is 5.35. The van der Waals surface area contributed by atoms with Crippen LogP contribution in [0.25, 0.3) is 0 Å². The van der Waals surface area contributed by atoms with Gasteiger partial charge in [0.05, 0.1) is 31.1 Å². The summed E-state index contributed by atoms with van der Waals surface area (Å²) in [5.41, 5.74) is -0.236. The first-order chi connectivity index (χ1) is 8.07. The lowest BCUT2D eigenvalue weighted by Crippen LogP contribution is -2.44. The van der Waals surface area contributed by atoms with Gasteiger partial charge in [-0.3, -0.25) is 0 Å². The van der Waals surface area contributed by atoms with E-state index in [1.807, 2.05) is 13.8 Å². The normalized spacial score (nSPS) is 23.4. The number of rotatable bonds is 3. The third kappa shape index (κ3) is 3.38. The predicted molar refractivity (Wildman–Crippen MR) is 61.3 cm³/mol. The fourth-order valence-corrected chi connectivity index (χ4v) is 1.52. The Balaban J connectivity index is 1.82. The Bertz CT molecular complexity index is 375. The van der Waals surface area contributed by atoms with Gasteiger partial charge in [-0.15, -0.1) is 0 Å². The van der Waals surface area contributed by atoms with E-state index >= 15 is 0 Å². The minimum absolute atomic E-state index is 0.0792. The third-order valence-electron chi connectivity index (χ3n) is 2.53. The Morgan fingerprint density at radius 1 is 1.65 bits per heavy atom. The average Bonchev–Trinajstić information content (AvgIpc) is 2.30. The Labute approximate surface area is 100 Å². The van der Waals surface area contributed by atoms with Crippen molar-refractivity contribution >= 4 is 5.82 Å². The molecule has 1 saturated heterocycles. The number of nitrogens with zero attached hydrogens (tertiary/aromatic N) is 1. The van der Waals surface area contributed by atoms with E-state index in [-0.39, 0.29) is 23.3 Å². The SMILES string of the molecule is CC1(C)COC(CNc2n[c]ccc2F)CO1. The quantitative estimate of drug-likeness (QED) is 0.870. The van der Waals surface area contributed by atoms with Crippen molar-refractivity contribution < 1.29 is 13.9 Å². The number of hydrogen-bond donors (Lipinski definition) is 1. The minimum Gasteiger partial charge on any atom is -0.371 e. The number of aromatic nitrogens is 1. The molecule has 17 heavy (non-hydrogen) atoms. The summed E-state index contributed by atoms with van der Waals surface area (Å²) >= 11 is 0. The van der Waals surface area contributed by atoms with Crippen molar-refractivity contribution in [1.82, 2.24) is 4.98 Å². The number of anilines is 1. The van der Waals surface area contributed by atoms with Crippen LogP contribution >= 0.6 is 0 Å². The Kier molecular flexibility index (Phi) is 3.59. The van der Waals surface area contributed by atoms with Crippen LogP contribution in [-0.2, 0) is 9.47 Å². The summed E-state index contributed by atoms with van der Waals surface area (Å²) in [4.78, 5) is 3.78. The van der Waals surface area contributed by atoms with Crippen LogP contribution in [-0.4, -0.2) is 36.4 Å². The van der Waals surface area contributed by atoms with Crippen molar-refractivity contribution in [2.45, 2.75) is 25.6 Å². The second-order valence-electron chi connectivity index (χ2n) is 4.66. The molecule has 2 heterocycles. The van der Waals surface area contributed by atoms with Gasteiger partial charge >= 0.3 is 0 Å². The fourth-order valence-electron chi connectivity index (χ4n) is 1.52. The van der Waals surface area contributed by atoms with Gasteiger partial charge < -0.3 is 14.8 Å². The van der Waals surface area contributed by atoms with E-state index in [0.717, 1.165) is 0 Å². The second-order valence-corrected chi connectivity index (χ2v) is 4.66. The van der Waals surface area contributed by atoms with Crippen LogP contribution in [0, 0.1) is 12.0 Å². The highest BCUT2D eigenvalue weighted by Crippen LogP contribution is 2.18. The molecule has 1 atom stereocenters. The van der Waals surface area contributed by atoms with Crippen molar-refractivity contribution in [3.63, 3.8) is 0 Å². The maximum absolute atomic E-state index is 13.2. The van der Waals surface area contributed by atoms with Crippen molar-refractivity contribution in [1.29, 1.82) is 0 Å². The van der Waals surface area contributed by atoms with Crippen LogP contribution in [0.5, 0.6) is 0 Å². The largest absolute Gasteiger partial charge is 0.371 e. The number of ether oxygens (including phenoxy) is 2. The van der Waals surface area contributed by atoms with Gasteiger partial charge in [0.1, 0.15) is 0 Å². The lowest BCUT2D eigenvalue weighted by molar-refractivity contribution is -0.170. The molecule has 1 aromatic heterocycles. The molecular weight excluding hydrogens is 223 g/mol. The number of nitrogens with one attached hydrogen (secondary N) is 1. The van der Waals surface area contributed by atoms with Crippen LogP contribution in [0.2, 0.25) is 0 Å². The molecule has 1 fully saturated rings. The smallest absolute Gasteiger partial charge is 0.165 e. The maximum Gasteiger partial charge on any atom is 0.165 e. The van der Waals surface area contributed by atoms with Gasteiger partial charge in [0.25, 0.3) is 0 Å². The standard InChI is InChI=1S/C12H16FN2O2/c1-12(2)8-16-9(7-17-12)6-15-11-10(13)4-3-5-14-11/h3-4,9H,6-8H2,1-2H3,(H,14,15). The summed E-state index contributed by atoms with van der Waals surface area (Å²) in [5.74, 6) is -0.193. The Morgan fingerprint density at radius 3 is 3.12 bits per heavy atom. The third-order valence-corrected chi connectivity index (χ3v) is 2.53. The molecule has 0 bridgehead atoms. The lowest BCUT2D eigenvalue weighted by Gasteiger charge is -2.35. The van der Waals surface area contributed by atoms with Gasteiger partial charge in [0, 0.05) is 6.54 Å².